The quantitative estimate of drug-likeness (QED) is 0.319. The van der Waals surface area contributed by atoms with Gasteiger partial charge in [-0.3, -0.25) is 9.69 Å². The highest BCUT2D eigenvalue weighted by Gasteiger charge is 2.30. The first-order valence-corrected chi connectivity index (χ1v) is 11.1. The number of amides is 1. The number of piperazine rings is 1. The molecular weight excluding hydrogens is 490 g/mol. The van der Waals surface area contributed by atoms with Gasteiger partial charge in [0.2, 0.25) is 6.41 Å². The molecule has 1 aliphatic heterocycles. The Morgan fingerprint density at radius 2 is 1.67 bits per heavy atom. The van der Waals surface area contributed by atoms with Gasteiger partial charge >= 0.3 is 12.4 Å². The van der Waals surface area contributed by atoms with Crippen LogP contribution < -0.4 is 15.5 Å². The lowest BCUT2D eigenvalue weighted by molar-refractivity contribution is -0.138. The molecule has 36 heavy (non-hydrogen) atoms. The molecule has 3 aromatic rings. The second kappa shape index (κ2) is 11.5. The van der Waals surface area contributed by atoms with Crippen LogP contribution in [0.2, 0.25) is 0 Å². The SMILES string of the molecule is CNc1c[nH]c2ccc(N3CCN(CCC(F)(F)F)CC3)nc12.O=CNc1ccc(C(F)(F)F)cc1. The summed E-state index contributed by atoms with van der Waals surface area (Å²) in [6.07, 6.45) is -6.88. The number of nitrogens with zero attached hydrogens (tertiary/aromatic N) is 3. The van der Waals surface area contributed by atoms with Gasteiger partial charge in [0.1, 0.15) is 11.3 Å². The van der Waals surface area contributed by atoms with Crippen LogP contribution in [0.3, 0.4) is 0 Å². The predicted molar refractivity (Wildman–Crippen MR) is 126 cm³/mol. The van der Waals surface area contributed by atoms with Crippen molar-refractivity contribution >= 4 is 34.6 Å². The molecule has 3 heterocycles. The number of aromatic nitrogens is 2. The zero-order chi connectivity index (χ0) is 26.3. The van der Waals surface area contributed by atoms with Crippen molar-refractivity contribution in [2.24, 2.45) is 0 Å². The minimum atomic E-state index is -4.33. The van der Waals surface area contributed by atoms with Gasteiger partial charge in [-0.1, -0.05) is 0 Å². The minimum Gasteiger partial charge on any atom is -0.385 e. The molecule has 1 fully saturated rings. The summed E-state index contributed by atoms with van der Waals surface area (Å²) in [5.41, 5.74) is 2.38. The third-order valence-corrected chi connectivity index (χ3v) is 5.62. The zero-order valence-electron chi connectivity index (χ0n) is 19.4. The van der Waals surface area contributed by atoms with Crippen LogP contribution in [0, 0.1) is 0 Å². The number of rotatable bonds is 6. The third-order valence-electron chi connectivity index (χ3n) is 5.62. The third kappa shape index (κ3) is 7.51. The Hall–Kier alpha value is -3.48. The first kappa shape index (κ1) is 27.1. The smallest absolute Gasteiger partial charge is 0.385 e. The first-order chi connectivity index (χ1) is 17.0. The average molecular weight is 516 g/mol. The van der Waals surface area contributed by atoms with Crippen LogP contribution >= 0.6 is 0 Å². The lowest BCUT2D eigenvalue weighted by Gasteiger charge is -2.35. The highest BCUT2D eigenvalue weighted by molar-refractivity contribution is 5.89. The minimum absolute atomic E-state index is 0.0749. The van der Waals surface area contributed by atoms with Gasteiger partial charge in [-0.25, -0.2) is 4.98 Å². The van der Waals surface area contributed by atoms with Gasteiger partial charge in [0.25, 0.3) is 0 Å². The maximum absolute atomic E-state index is 12.3. The van der Waals surface area contributed by atoms with Crippen LogP contribution in [0.25, 0.3) is 11.0 Å². The molecule has 1 saturated heterocycles. The molecule has 3 N–H and O–H groups in total. The summed E-state index contributed by atoms with van der Waals surface area (Å²) in [6, 6.07) is 8.13. The Bertz CT molecular complexity index is 1120. The molecule has 13 heteroatoms. The highest BCUT2D eigenvalue weighted by atomic mass is 19.4. The molecule has 0 atom stereocenters. The lowest BCUT2D eigenvalue weighted by atomic mass is 10.2. The summed E-state index contributed by atoms with van der Waals surface area (Å²) >= 11 is 0. The lowest BCUT2D eigenvalue weighted by Crippen LogP contribution is -2.47. The van der Waals surface area contributed by atoms with E-state index < -0.39 is 24.3 Å². The molecule has 1 aliphatic rings. The summed E-state index contributed by atoms with van der Waals surface area (Å²) in [5.74, 6) is 0.865. The molecular formula is C23H26F6N6O. The maximum Gasteiger partial charge on any atom is 0.416 e. The molecule has 0 unspecified atom stereocenters. The Morgan fingerprint density at radius 3 is 2.22 bits per heavy atom. The van der Waals surface area contributed by atoms with Crippen LogP contribution in [-0.2, 0) is 11.0 Å². The van der Waals surface area contributed by atoms with Gasteiger partial charge in [0.15, 0.2) is 0 Å². The Balaban J connectivity index is 0.000000236. The van der Waals surface area contributed by atoms with Gasteiger partial charge in [0, 0.05) is 51.7 Å². The largest absolute Gasteiger partial charge is 0.416 e. The van der Waals surface area contributed by atoms with Gasteiger partial charge in [-0.05, 0) is 36.4 Å². The molecule has 4 rings (SSSR count). The second-order valence-corrected chi connectivity index (χ2v) is 8.05. The van der Waals surface area contributed by atoms with E-state index in [0.29, 0.717) is 38.3 Å². The molecule has 0 radical (unpaired) electrons. The normalized spacial score (nSPS) is 14.8. The summed E-state index contributed by atoms with van der Waals surface area (Å²) < 4.78 is 72.9. The predicted octanol–water partition coefficient (Wildman–Crippen LogP) is 4.95. The number of hydrogen-bond acceptors (Lipinski definition) is 5. The number of nitrogens with one attached hydrogen (secondary N) is 3. The number of carbonyl (C=O) groups excluding carboxylic acids is 1. The van der Waals surface area contributed by atoms with Crippen LogP contribution in [0.15, 0.2) is 42.6 Å². The van der Waals surface area contributed by atoms with Crippen LogP contribution in [0.5, 0.6) is 0 Å². The summed E-state index contributed by atoms with van der Waals surface area (Å²) in [7, 11) is 1.84. The van der Waals surface area contributed by atoms with E-state index in [1.165, 1.54) is 12.1 Å². The molecule has 1 amide bonds. The standard InChI is InChI=1S/C15H20F3N5.C8H6F3NO/c1-19-12-10-20-11-2-3-13(21-14(11)12)23-8-6-22(7-9-23)5-4-15(16,17)18;9-8(10,11)6-1-3-7(4-2-6)12-5-13/h2-3,10,19-20H,4-9H2,1H3;1-5H,(H,12,13). The fourth-order valence-corrected chi connectivity index (χ4v) is 3.66. The van der Waals surface area contributed by atoms with Crippen molar-refractivity contribution in [3.05, 3.63) is 48.2 Å². The number of pyridine rings is 1. The molecule has 0 bridgehead atoms. The van der Waals surface area contributed by atoms with E-state index in [1.54, 1.807) is 0 Å². The van der Waals surface area contributed by atoms with E-state index in [4.69, 9.17) is 0 Å². The van der Waals surface area contributed by atoms with Gasteiger partial charge in [-0.2, -0.15) is 26.3 Å². The summed E-state index contributed by atoms with van der Waals surface area (Å²) in [5, 5.41) is 5.33. The van der Waals surface area contributed by atoms with Crippen molar-refractivity contribution in [2.75, 3.05) is 55.3 Å². The second-order valence-electron chi connectivity index (χ2n) is 8.05. The van der Waals surface area contributed by atoms with Crippen LogP contribution in [-0.4, -0.2) is 67.2 Å². The van der Waals surface area contributed by atoms with Crippen molar-refractivity contribution in [1.82, 2.24) is 14.9 Å². The number of halogens is 6. The summed E-state index contributed by atoms with van der Waals surface area (Å²) in [6.45, 7) is 2.71. The molecule has 0 spiro atoms. The van der Waals surface area contributed by atoms with Crippen molar-refractivity contribution < 1.29 is 31.1 Å². The van der Waals surface area contributed by atoms with E-state index in [9.17, 15) is 31.1 Å². The van der Waals surface area contributed by atoms with Crippen LogP contribution in [0.1, 0.15) is 12.0 Å². The van der Waals surface area contributed by atoms with E-state index in [0.717, 1.165) is 34.7 Å². The van der Waals surface area contributed by atoms with Crippen molar-refractivity contribution in [1.29, 1.82) is 0 Å². The number of H-pyrrole nitrogens is 1. The molecule has 196 valence electrons. The summed E-state index contributed by atoms with van der Waals surface area (Å²) in [4.78, 5) is 21.7. The topological polar surface area (TPSA) is 76.3 Å². The monoisotopic (exact) mass is 516 g/mol. The van der Waals surface area contributed by atoms with Crippen molar-refractivity contribution in [2.45, 2.75) is 18.8 Å². The maximum atomic E-state index is 12.3. The Labute approximate surface area is 203 Å². The van der Waals surface area contributed by atoms with Gasteiger partial charge < -0.3 is 20.5 Å². The Morgan fingerprint density at radius 1 is 1.00 bits per heavy atom. The molecule has 0 saturated carbocycles. The number of fused-ring (bicyclic) bond motifs is 1. The number of benzene rings is 1. The van der Waals surface area contributed by atoms with Gasteiger partial charge in [0.05, 0.1) is 23.2 Å². The molecule has 7 nitrogen and oxygen atoms in total. The number of hydrogen-bond donors (Lipinski definition) is 3. The zero-order valence-corrected chi connectivity index (χ0v) is 19.4. The first-order valence-electron chi connectivity index (χ1n) is 11.1. The van der Waals surface area contributed by atoms with Crippen molar-refractivity contribution in [3.63, 3.8) is 0 Å². The number of anilines is 3. The van der Waals surface area contributed by atoms with Crippen molar-refractivity contribution in [3.8, 4) is 0 Å². The molecule has 1 aromatic carbocycles. The number of carbonyl (C=O) groups is 1. The average Bonchev–Trinajstić information content (AvgIpc) is 3.25. The fourth-order valence-electron chi connectivity index (χ4n) is 3.66. The number of alkyl halides is 6. The molecule has 2 aromatic heterocycles. The number of aromatic amines is 1. The highest BCUT2D eigenvalue weighted by Crippen LogP contribution is 2.29. The van der Waals surface area contributed by atoms with Gasteiger partial charge in [-0.15, -0.1) is 0 Å². The van der Waals surface area contributed by atoms with E-state index in [-0.39, 0.29) is 6.54 Å². The van der Waals surface area contributed by atoms with E-state index in [2.05, 4.69) is 25.5 Å². The van der Waals surface area contributed by atoms with E-state index >= 15 is 0 Å². The Kier molecular flexibility index (Phi) is 8.66. The fraction of sp³-hybridized carbons (Fsp3) is 0.391. The van der Waals surface area contributed by atoms with Crippen LogP contribution in [0.4, 0.5) is 43.5 Å². The van der Waals surface area contributed by atoms with E-state index in [1.807, 2.05) is 30.3 Å². The molecule has 0 aliphatic carbocycles.